The standard InChI is InChI=1S/C14H20N2O3/c15-13-9-19-8-12(13)14(18)16-11(7-17)6-10-4-2-1-3-5-10/h1-5,11-13,17H,6-9,15H2,(H,16,18). The predicted molar refractivity (Wildman–Crippen MR) is 71.4 cm³/mol. The van der Waals surface area contributed by atoms with E-state index in [2.05, 4.69) is 5.32 Å². The molecule has 1 aliphatic heterocycles. The summed E-state index contributed by atoms with van der Waals surface area (Å²) >= 11 is 0. The maximum absolute atomic E-state index is 12.0. The Morgan fingerprint density at radius 2 is 2.16 bits per heavy atom. The van der Waals surface area contributed by atoms with E-state index in [-0.39, 0.29) is 30.5 Å². The molecule has 1 amide bonds. The second-order valence-electron chi connectivity index (χ2n) is 4.89. The molecule has 0 saturated carbocycles. The first-order valence-corrected chi connectivity index (χ1v) is 6.49. The van der Waals surface area contributed by atoms with Crippen LogP contribution in [-0.4, -0.2) is 42.9 Å². The first-order valence-electron chi connectivity index (χ1n) is 6.49. The van der Waals surface area contributed by atoms with Gasteiger partial charge in [0, 0.05) is 6.04 Å². The SMILES string of the molecule is NC1COCC1C(=O)NC(CO)Cc1ccccc1. The van der Waals surface area contributed by atoms with Crippen molar-refractivity contribution in [2.75, 3.05) is 19.8 Å². The van der Waals surface area contributed by atoms with Crippen LogP contribution in [0.5, 0.6) is 0 Å². The van der Waals surface area contributed by atoms with Crippen LogP contribution in [0.1, 0.15) is 5.56 Å². The Balaban J connectivity index is 1.90. The predicted octanol–water partition coefficient (Wildman–Crippen LogP) is -0.320. The smallest absolute Gasteiger partial charge is 0.227 e. The summed E-state index contributed by atoms with van der Waals surface area (Å²) in [4.78, 5) is 12.0. The quantitative estimate of drug-likeness (QED) is 0.680. The van der Waals surface area contributed by atoms with Gasteiger partial charge in [-0.1, -0.05) is 30.3 Å². The lowest BCUT2D eigenvalue weighted by atomic mass is 10.0. The number of nitrogens with two attached hydrogens (primary N) is 1. The van der Waals surface area contributed by atoms with Gasteiger partial charge in [0.25, 0.3) is 0 Å². The Hall–Kier alpha value is -1.43. The molecular weight excluding hydrogens is 244 g/mol. The Morgan fingerprint density at radius 3 is 2.74 bits per heavy atom. The van der Waals surface area contributed by atoms with E-state index in [1.165, 1.54) is 0 Å². The van der Waals surface area contributed by atoms with Gasteiger partial charge in [-0.2, -0.15) is 0 Å². The third-order valence-electron chi connectivity index (χ3n) is 3.35. The van der Waals surface area contributed by atoms with Gasteiger partial charge in [0.15, 0.2) is 0 Å². The van der Waals surface area contributed by atoms with Gasteiger partial charge in [0.2, 0.25) is 5.91 Å². The van der Waals surface area contributed by atoms with Crippen LogP contribution < -0.4 is 11.1 Å². The number of aliphatic hydroxyl groups is 1. The minimum atomic E-state index is -0.315. The molecule has 19 heavy (non-hydrogen) atoms. The van der Waals surface area contributed by atoms with Crippen molar-refractivity contribution in [3.63, 3.8) is 0 Å². The van der Waals surface area contributed by atoms with E-state index < -0.39 is 0 Å². The van der Waals surface area contributed by atoms with E-state index in [9.17, 15) is 9.90 Å². The number of hydrogen-bond donors (Lipinski definition) is 3. The van der Waals surface area contributed by atoms with Crippen LogP contribution >= 0.6 is 0 Å². The molecular formula is C14H20N2O3. The normalized spacial score (nSPS) is 24.1. The Labute approximate surface area is 112 Å². The molecule has 3 atom stereocenters. The fraction of sp³-hybridized carbons (Fsp3) is 0.500. The van der Waals surface area contributed by atoms with Crippen LogP contribution in [0.15, 0.2) is 30.3 Å². The number of aliphatic hydroxyl groups excluding tert-OH is 1. The van der Waals surface area contributed by atoms with E-state index in [1.54, 1.807) is 0 Å². The van der Waals surface area contributed by atoms with Crippen LogP contribution in [-0.2, 0) is 16.0 Å². The van der Waals surface area contributed by atoms with Gasteiger partial charge in [-0.3, -0.25) is 4.79 Å². The molecule has 1 aromatic carbocycles. The highest BCUT2D eigenvalue weighted by Crippen LogP contribution is 2.12. The lowest BCUT2D eigenvalue weighted by molar-refractivity contribution is -0.126. The summed E-state index contributed by atoms with van der Waals surface area (Å²) < 4.78 is 5.18. The zero-order valence-electron chi connectivity index (χ0n) is 10.8. The summed E-state index contributed by atoms with van der Waals surface area (Å²) in [5.41, 5.74) is 6.88. The average Bonchev–Trinajstić information content (AvgIpc) is 2.85. The van der Waals surface area contributed by atoms with Gasteiger partial charge in [0.05, 0.1) is 31.8 Å². The van der Waals surface area contributed by atoms with Crippen molar-refractivity contribution < 1.29 is 14.6 Å². The summed E-state index contributed by atoms with van der Waals surface area (Å²) in [6, 6.07) is 9.21. The number of hydrogen-bond acceptors (Lipinski definition) is 4. The minimum absolute atomic E-state index is 0.0938. The van der Waals surface area contributed by atoms with Gasteiger partial charge in [-0.25, -0.2) is 0 Å². The zero-order valence-corrected chi connectivity index (χ0v) is 10.8. The van der Waals surface area contributed by atoms with Crippen LogP contribution in [0.2, 0.25) is 0 Å². The largest absolute Gasteiger partial charge is 0.394 e. The number of benzene rings is 1. The number of amides is 1. The maximum atomic E-state index is 12.0. The van der Waals surface area contributed by atoms with E-state index in [0.717, 1.165) is 5.56 Å². The Bertz CT molecular complexity index is 410. The molecule has 1 heterocycles. The van der Waals surface area contributed by atoms with Gasteiger partial charge in [-0.05, 0) is 12.0 Å². The molecule has 5 nitrogen and oxygen atoms in total. The molecule has 0 aromatic heterocycles. The maximum Gasteiger partial charge on any atom is 0.227 e. The number of carbonyl (C=O) groups is 1. The number of rotatable bonds is 5. The van der Waals surface area contributed by atoms with E-state index in [0.29, 0.717) is 19.6 Å². The number of ether oxygens (including phenoxy) is 1. The highest BCUT2D eigenvalue weighted by Gasteiger charge is 2.32. The molecule has 1 saturated heterocycles. The van der Waals surface area contributed by atoms with Crippen molar-refractivity contribution in [1.29, 1.82) is 0 Å². The minimum Gasteiger partial charge on any atom is -0.394 e. The third-order valence-corrected chi connectivity index (χ3v) is 3.35. The molecule has 0 aliphatic carbocycles. The summed E-state index contributed by atoms with van der Waals surface area (Å²) in [7, 11) is 0. The summed E-state index contributed by atoms with van der Waals surface area (Å²) in [5, 5.41) is 12.2. The molecule has 104 valence electrons. The average molecular weight is 264 g/mol. The molecule has 0 spiro atoms. The van der Waals surface area contributed by atoms with Crippen LogP contribution in [0.3, 0.4) is 0 Å². The summed E-state index contributed by atoms with van der Waals surface area (Å²) in [5.74, 6) is -0.454. The molecule has 2 rings (SSSR count). The molecule has 0 bridgehead atoms. The van der Waals surface area contributed by atoms with Crippen molar-refractivity contribution in [2.45, 2.75) is 18.5 Å². The van der Waals surface area contributed by atoms with Crippen LogP contribution in [0.25, 0.3) is 0 Å². The fourth-order valence-corrected chi connectivity index (χ4v) is 2.21. The molecule has 0 radical (unpaired) electrons. The lowest BCUT2D eigenvalue weighted by Gasteiger charge is -2.20. The molecule has 5 heteroatoms. The fourth-order valence-electron chi connectivity index (χ4n) is 2.21. The van der Waals surface area contributed by atoms with Crippen molar-refractivity contribution >= 4 is 5.91 Å². The van der Waals surface area contributed by atoms with Crippen molar-refractivity contribution in [2.24, 2.45) is 11.7 Å². The van der Waals surface area contributed by atoms with Gasteiger partial charge < -0.3 is 20.9 Å². The first kappa shape index (κ1) is 14.0. The summed E-state index contributed by atoms with van der Waals surface area (Å²) in [6.45, 7) is 0.681. The third kappa shape index (κ3) is 3.76. The number of carbonyl (C=O) groups excluding carboxylic acids is 1. The van der Waals surface area contributed by atoms with Crippen molar-refractivity contribution in [3.05, 3.63) is 35.9 Å². The second-order valence-corrected chi connectivity index (χ2v) is 4.89. The van der Waals surface area contributed by atoms with Crippen molar-refractivity contribution in [3.8, 4) is 0 Å². The van der Waals surface area contributed by atoms with Gasteiger partial charge in [-0.15, -0.1) is 0 Å². The van der Waals surface area contributed by atoms with Crippen LogP contribution in [0, 0.1) is 5.92 Å². The Morgan fingerprint density at radius 1 is 1.42 bits per heavy atom. The molecule has 4 N–H and O–H groups in total. The molecule has 1 aliphatic rings. The zero-order chi connectivity index (χ0) is 13.7. The summed E-state index contributed by atoms with van der Waals surface area (Å²) in [6.07, 6.45) is 0.603. The van der Waals surface area contributed by atoms with E-state index >= 15 is 0 Å². The van der Waals surface area contributed by atoms with Gasteiger partial charge >= 0.3 is 0 Å². The van der Waals surface area contributed by atoms with Crippen molar-refractivity contribution in [1.82, 2.24) is 5.32 Å². The monoisotopic (exact) mass is 264 g/mol. The molecule has 1 aromatic rings. The second kappa shape index (κ2) is 6.65. The van der Waals surface area contributed by atoms with E-state index in [4.69, 9.17) is 10.5 Å². The molecule has 1 fully saturated rings. The van der Waals surface area contributed by atoms with E-state index in [1.807, 2.05) is 30.3 Å². The number of nitrogens with one attached hydrogen (secondary N) is 1. The molecule has 3 unspecified atom stereocenters. The first-order chi connectivity index (χ1) is 9.20. The highest BCUT2D eigenvalue weighted by atomic mass is 16.5. The Kier molecular flexibility index (Phi) is 4.90. The highest BCUT2D eigenvalue weighted by molar-refractivity contribution is 5.80. The topological polar surface area (TPSA) is 84.6 Å². The lowest BCUT2D eigenvalue weighted by Crippen LogP contribution is -2.47. The van der Waals surface area contributed by atoms with Gasteiger partial charge in [0.1, 0.15) is 0 Å². The van der Waals surface area contributed by atoms with Crippen LogP contribution in [0.4, 0.5) is 0 Å².